The monoisotopic (exact) mass is 284 g/mol. The van der Waals surface area contributed by atoms with E-state index in [1.807, 2.05) is 44.2 Å². The molecule has 5 nitrogen and oxygen atoms in total. The van der Waals surface area contributed by atoms with Gasteiger partial charge in [-0.25, -0.2) is 0 Å². The molecule has 1 N–H and O–H groups in total. The van der Waals surface area contributed by atoms with Crippen molar-refractivity contribution in [1.29, 1.82) is 0 Å². The van der Waals surface area contributed by atoms with Crippen molar-refractivity contribution < 1.29 is 14.0 Å². The van der Waals surface area contributed by atoms with Gasteiger partial charge >= 0.3 is 0 Å². The first-order valence-electron chi connectivity index (χ1n) is 6.78. The lowest BCUT2D eigenvalue weighted by atomic mass is 9.97. The lowest BCUT2D eigenvalue weighted by Crippen LogP contribution is -2.07. The summed E-state index contributed by atoms with van der Waals surface area (Å²) in [4.78, 5) is 4.36. The molecular formula is C16H16N2O3. The van der Waals surface area contributed by atoms with Crippen molar-refractivity contribution in [3.05, 3.63) is 59.9 Å². The summed E-state index contributed by atoms with van der Waals surface area (Å²) in [6.45, 7) is 3.70. The third-order valence-corrected chi connectivity index (χ3v) is 3.55. The number of benzene rings is 1. The Labute approximate surface area is 122 Å². The third-order valence-electron chi connectivity index (χ3n) is 3.55. The molecule has 0 aliphatic carbocycles. The Balaban J connectivity index is 1.85. The van der Waals surface area contributed by atoms with Crippen LogP contribution in [0.3, 0.4) is 0 Å². The topological polar surface area (TPSA) is 72.3 Å². The summed E-state index contributed by atoms with van der Waals surface area (Å²) in [6, 6.07) is 11.2. The number of hydrogen-bond acceptors (Lipinski definition) is 5. The number of aromatic nitrogens is 2. The van der Waals surface area contributed by atoms with Gasteiger partial charge in [0, 0.05) is 0 Å². The minimum atomic E-state index is -0.690. The van der Waals surface area contributed by atoms with E-state index in [2.05, 4.69) is 10.1 Å². The lowest BCUT2D eigenvalue weighted by Gasteiger charge is -2.15. The van der Waals surface area contributed by atoms with Crippen LogP contribution in [0, 0.1) is 6.92 Å². The van der Waals surface area contributed by atoms with Crippen molar-refractivity contribution in [1.82, 2.24) is 10.1 Å². The van der Waals surface area contributed by atoms with Crippen molar-refractivity contribution >= 4 is 0 Å². The molecular weight excluding hydrogens is 268 g/mol. The van der Waals surface area contributed by atoms with E-state index in [0.29, 0.717) is 11.7 Å². The average molecular weight is 284 g/mol. The molecule has 108 valence electrons. The third kappa shape index (κ3) is 2.60. The molecule has 2 heterocycles. The van der Waals surface area contributed by atoms with Gasteiger partial charge in [0.05, 0.1) is 23.8 Å². The number of furan rings is 1. The number of rotatable bonds is 4. The van der Waals surface area contributed by atoms with Gasteiger partial charge in [-0.15, -0.1) is 0 Å². The molecule has 0 bridgehead atoms. The highest BCUT2D eigenvalue weighted by Crippen LogP contribution is 2.31. The predicted molar refractivity (Wildman–Crippen MR) is 76.6 cm³/mol. The van der Waals surface area contributed by atoms with Crippen molar-refractivity contribution in [2.75, 3.05) is 0 Å². The molecule has 0 saturated heterocycles. The zero-order chi connectivity index (χ0) is 14.8. The van der Waals surface area contributed by atoms with E-state index >= 15 is 0 Å². The van der Waals surface area contributed by atoms with Gasteiger partial charge in [0.25, 0.3) is 0 Å². The highest BCUT2D eigenvalue weighted by atomic mass is 16.5. The smallest absolute Gasteiger partial charge is 0.232 e. The normalized spacial score (nSPS) is 14.0. The Hall–Kier alpha value is -2.40. The molecule has 0 aliphatic rings. The summed E-state index contributed by atoms with van der Waals surface area (Å²) >= 11 is 0. The molecule has 0 saturated carbocycles. The summed E-state index contributed by atoms with van der Waals surface area (Å²) in [5.74, 6) is 1.32. The first-order chi connectivity index (χ1) is 10.2. The fourth-order valence-corrected chi connectivity index (χ4v) is 2.22. The number of nitrogens with zero attached hydrogens (tertiary/aromatic N) is 2. The molecule has 1 aromatic carbocycles. The van der Waals surface area contributed by atoms with Crippen LogP contribution in [0.2, 0.25) is 0 Å². The van der Waals surface area contributed by atoms with E-state index in [9.17, 15) is 5.11 Å². The molecule has 0 fully saturated rings. The summed E-state index contributed by atoms with van der Waals surface area (Å²) in [6.07, 6.45) is 0.896. The lowest BCUT2D eigenvalue weighted by molar-refractivity contribution is 0.135. The summed E-state index contributed by atoms with van der Waals surface area (Å²) in [5, 5.41) is 14.4. The number of hydrogen-bond donors (Lipinski definition) is 1. The van der Waals surface area contributed by atoms with Crippen LogP contribution in [0.15, 0.2) is 51.6 Å². The standard InChI is InChI=1S/C16H16N2O3/c1-10(14(19)12-6-4-3-5-7-12)16-17-15(18-21-16)13-8-9-20-11(13)2/h3-10,14,19H,1-2H3. The maximum Gasteiger partial charge on any atom is 0.232 e. The van der Waals surface area contributed by atoms with Crippen molar-refractivity contribution in [3.63, 3.8) is 0 Å². The second kappa shape index (κ2) is 5.54. The highest BCUT2D eigenvalue weighted by molar-refractivity contribution is 5.56. The van der Waals surface area contributed by atoms with Crippen LogP contribution in [0.5, 0.6) is 0 Å². The molecule has 3 rings (SSSR count). The fourth-order valence-electron chi connectivity index (χ4n) is 2.22. The van der Waals surface area contributed by atoms with Crippen LogP contribution in [-0.4, -0.2) is 15.2 Å². The summed E-state index contributed by atoms with van der Waals surface area (Å²) < 4.78 is 10.5. The number of aryl methyl sites for hydroxylation is 1. The van der Waals surface area contributed by atoms with Gasteiger partial charge in [0.2, 0.25) is 11.7 Å². The fraction of sp³-hybridized carbons (Fsp3) is 0.250. The van der Waals surface area contributed by atoms with E-state index in [4.69, 9.17) is 8.94 Å². The highest BCUT2D eigenvalue weighted by Gasteiger charge is 2.24. The first kappa shape index (κ1) is 13.6. The second-order valence-electron chi connectivity index (χ2n) is 4.99. The molecule has 2 aromatic heterocycles. The maximum atomic E-state index is 10.4. The van der Waals surface area contributed by atoms with Gasteiger partial charge in [-0.05, 0) is 18.6 Å². The minimum absolute atomic E-state index is 0.291. The Morgan fingerprint density at radius 1 is 1.14 bits per heavy atom. The molecule has 21 heavy (non-hydrogen) atoms. The Morgan fingerprint density at radius 2 is 1.90 bits per heavy atom. The Morgan fingerprint density at radius 3 is 2.57 bits per heavy atom. The largest absolute Gasteiger partial charge is 0.469 e. The average Bonchev–Trinajstić information content (AvgIpc) is 3.15. The van der Waals surface area contributed by atoms with Gasteiger partial charge in [0.1, 0.15) is 5.76 Å². The Kier molecular flexibility index (Phi) is 3.58. The summed E-state index contributed by atoms with van der Waals surface area (Å²) in [7, 11) is 0. The van der Waals surface area contributed by atoms with Crippen LogP contribution in [0.25, 0.3) is 11.4 Å². The molecule has 0 radical (unpaired) electrons. The maximum absolute atomic E-state index is 10.4. The predicted octanol–water partition coefficient (Wildman–Crippen LogP) is 3.48. The Bertz CT molecular complexity index is 718. The van der Waals surface area contributed by atoms with E-state index in [0.717, 1.165) is 16.9 Å². The van der Waals surface area contributed by atoms with Gasteiger partial charge < -0.3 is 14.0 Å². The van der Waals surface area contributed by atoms with Crippen molar-refractivity contribution in [2.45, 2.75) is 25.9 Å². The van der Waals surface area contributed by atoms with Gasteiger partial charge in [-0.2, -0.15) is 4.98 Å². The first-order valence-corrected chi connectivity index (χ1v) is 6.78. The quantitative estimate of drug-likeness (QED) is 0.794. The van der Waals surface area contributed by atoms with Gasteiger partial charge in [-0.3, -0.25) is 0 Å². The van der Waals surface area contributed by atoms with Gasteiger partial charge in [0.15, 0.2) is 0 Å². The SMILES string of the molecule is Cc1occc1-c1noc(C(C)C(O)c2ccccc2)n1. The molecule has 0 spiro atoms. The van der Waals surface area contributed by atoms with Crippen molar-refractivity contribution in [2.24, 2.45) is 0 Å². The molecule has 2 atom stereocenters. The number of aliphatic hydroxyl groups is 1. The van der Waals surface area contributed by atoms with Crippen LogP contribution in [-0.2, 0) is 0 Å². The van der Waals surface area contributed by atoms with Gasteiger partial charge in [-0.1, -0.05) is 42.4 Å². The molecule has 3 aromatic rings. The van der Waals surface area contributed by atoms with E-state index < -0.39 is 6.10 Å². The number of aliphatic hydroxyl groups excluding tert-OH is 1. The second-order valence-corrected chi connectivity index (χ2v) is 4.99. The van der Waals surface area contributed by atoms with E-state index in [1.165, 1.54) is 0 Å². The molecule has 0 aliphatic heterocycles. The van der Waals surface area contributed by atoms with E-state index in [1.54, 1.807) is 12.3 Å². The zero-order valence-corrected chi connectivity index (χ0v) is 11.9. The minimum Gasteiger partial charge on any atom is -0.469 e. The van der Waals surface area contributed by atoms with Crippen LogP contribution < -0.4 is 0 Å². The molecule has 0 amide bonds. The summed E-state index contributed by atoms with van der Waals surface area (Å²) in [5.41, 5.74) is 1.62. The van der Waals surface area contributed by atoms with Crippen molar-refractivity contribution in [3.8, 4) is 11.4 Å². The zero-order valence-electron chi connectivity index (χ0n) is 11.9. The van der Waals surface area contributed by atoms with Crippen LogP contribution >= 0.6 is 0 Å². The molecule has 2 unspecified atom stereocenters. The molecule has 5 heteroatoms. The van der Waals surface area contributed by atoms with E-state index in [-0.39, 0.29) is 5.92 Å². The van der Waals surface area contributed by atoms with Crippen LogP contribution in [0.4, 0.5) is 0 Å². The van der Waals surface area contributed by atoms with Crippen LogP contribution in [0.1, 0.15) is 36.2 Å².